The smallest absolute Gasteiger partial charge is 0.341 e. The molecule has 1 heterocycles. The van der Waals surface area contributed by atoms with Gasteiger partial charge in [0, 0.05) is 11.8 Å². The molecule has 21 heavy (non-hydrogen) atoms. The monoisotopic (exact) mass is 290 g/mol. The minimum Gasteiger partial charge on any atom is -0.507 e. The molecule has 1 amide bonds. The SMILES string of the molecule is CCOC(=O)c1ccc(NC(=O)Cn2cncn2)cc1O. The Balaban J connectivity index is 2.03. The molecular weight excluding hydrogens is 276 g/mol. The van der Waals surface area contributed by atoms with Crippen molar-refractivity contribution in [3.8, 4) is 5.75 Å². The molecule has 110 valence electrons. The van der Waals surface area contributed by atoms with Crippen molar-refractivity contribution in [2.75, 3.05) is 11.9 Å². The van der Waals surface area contributed by atoms with Crippen LogP contribution in [0, 0.1) is 0 Å². The van der Waals surface area contributed by atoms with E-state index < -0.39 is 5.97 Å². The van der Waals surface area contributed by atoms with Crippen LogP contribution < -0.4 is 5.32 Å². The highest BCUT2D eigenvalue weighted by molar-refractivity contribution is 5.95. The largest absolute Gasteiger partial charge is 0.507 e. The third-order valence-electron chi connectivity index (χ3n) is 2.55. The number of hydrogen-bond donors (Lipinski definition) is 2. The minimum atomic E-state index is -0.615. The second kappa shape index (κ2) is 6.51. The van der Waals surface area contributed by atoms with Crippen LogP contribution in [-0.4, -0.2) is 38.4 Å². The van der Waals surface area contributed by atoms with Crippen molar-refractivity contribution in [1.29, 1.82) is 0 Å². The molecule has 1 aromatic heterocycles. The molecule has 0 unspecified atom stereocenters. The van der Waals surface area contributed by atoms with Gasteiger partial charge in [-0.3, -0.25) is 4.79 Å². The fourth-order valence-electron chi connectivity index (χ4n) is 1.65. The van der Waals surface area contributed by atoms with Gasteiger partial charge in [0.2, 0.25) is 5.91 Å². The fraction of sp³-hybridized carbons (Fsp3) is 0.231. The molecule has 0 spiro atoms. The summed E-state index contributed by atoms with van der Waals surface area (Å²) >= 11 is 0. The number of aromatic nitrogens is 3. The zero-order valence-corrected chi connectivity index (χ0v) is 11.3. The van der Waals surface area contributed by atoms with E-state index in [2.05, 4.69) is 15.4 Å². The van der Waals surface area contributed by atoms with Crippen molar-refractivity contribution >= 4 is 17.6 Å². The number of nitrogens with one attached hydrogen (secondary N) is 1. The quantitative estimate of drug-likeness (QED) is 0.789. The van der Waals surface area contributed by atoms with Gasteiger partial charge in [-0.1, -0.05) is 0 Å². The number of nitrogens with zero attached hydrogens (tertiary/aromatic N) is 3. The summed E-state index contributed by atoms with van der Waals surface area (Å²) < 4.78 is 6.16. The Hall–Kier alpha value is -2.90. The van der Waals surface area contributed by atoms with Gasteiger partial charge in [-0.05, 0) is 19.1 Å². The van der Waals surface area contributed by atoms with E-state index in [1.54, 1.807) is 6.92 Å². The van der Waals surface area contributed by atoms with E-state index in [1.165, 1.54) is 35.5 Å². The summed E-state index contributed by atoms with van der Waals surface area (Å²) in [4.78, 5) is 27.0. The van der Waals surface area contributed by atoms with E-state index in [0.717, 1.165) is 0 Å². The summed E-state index contributed by atoms with van der Waals surface area (Å²) in [6.45, 7) is 1.89. The standard InChI is InChI=1S/C13H14N4O4/c1-2-21-13(20)10-4-3-9(5-11(10)18)16-12(19)6-17-8-14-7-15-17/h3-5,7-8,18H,2,6H2,1H3,(H,16,19). The lowest BCUT2D eigenvalue weighted by Crippen LogP contribution is -2.19. The van der Waals surface area contributed by atoms with Crippen molar-refractivity contribution in [2.45, 2.75) is 13.5 Å². The first-order chi connectivity index (χ1) is 10.1. The number of phenols is 1. The lowest BCUT2D eigenvalue weighted by atomic mass is 10.2. The van der Waals surface area contributed by atoms with E-state index >= 15 is 0 Å². The van der Waals surface area contributed by atoms with Crippen molar-refractivity contribution in [3.05, 3.63) is 36.4 Å². The van der Waals surface area contributed by atoms with Crippen LogP contribution in [0.2, 0.25) is 0 Å². The number of carbonyl (C=O) groups excluding carboxylic acids is 2. The van der Waals surface area contributed by atoms with Gasteiger partial charge in [-0.25, -0.2) is 14.5 Å². The highest BCUT2D eigenvalue weighted by Gasteiger charge is 2.13. The van der Waals surface area contributed by atoms with Crippen molar-refractivity contribution in [2.24, 2.45) is 0 Å². The van der Waals surface area contributed by atoms with Crippen LogP contribution in [0.3, 0.4) is 0 Å². The lowest BCUT2D eigenvalue weighted by Gasteiger charge is -2.08. The number of carbonyl (C=O) groups is 2. The molecule has 0 aliphatic carbocycles. The first-order valence-corrected chi connectivity index (χ1v) is 6.22. The van der Waals surface area contributed by atoms with E-state index in [9.17, 15) is 14.7 Å². The molecule has 0 aliphatic rings. The third kappa shape index (κ3) is 3.78. The van der Waals surface area contributed by atoms with Gasteiger partial charge in [0.1, 0.15) is 30.5 Å². The predicted molar refractivity (Wildman–Crippen MR) is 72.7 cm³/mol. The number of hydrogen-bond acceptors (Lipinski definition) is 6. The zero-order valence-electron chi connectivity index (χ0n) is 11.3. The van der Waals surface area contributed by atoms with Crippen LogP contribution in [0.5, 0.6) is 5.75 Å². The Kier molecular flexibility index (Phi) is 4.50. The van der Waals surface area contributed by atoms with Crippen LogP contribution in [-0.2, 0) is 16.1 Å². The van der Waals surface area contributed by atoms with Crippen LogP contribution in [0.15, 0.2) is 30.9 Å². The summed E-state index contributed by atoms with van der Waals surface area (Å²) in [5.74, 6) is -1.20. The number of esters is 1. The highest BCUT2D eigenvalue weighted by Crippen LogP contribution is 2.22. The summed E-state index contributed by atoms with van der Waals surface area (Å²) in [6, 6.07) is 4.18. The molecular formula is C13H14N4O4. The number of phenolic OH excluding ortho intramolecular Hbond substituents is 1. The van der Waals surface area contributed by atoms with Crippen LogP contribution in [0.25, 0.3) is 0 Å². The Bertz CT molecular complexity index is 640. The Morgan fingerprint density at radius 2 is 2.24 bits per heavy atom. The van der Waals surface area contributed by atoms with Crippen molar-refractivity contribution in [1.82, 2.24) is 14.8 Å². The van der Waals surface area contributed by atoms with E-state index in [-0.39, 0.29) is 30.4 Å². The maximum Gasteiger partial charge on any atom is 0.341 e. The van der Waals surface area contributed by atoms with E-state index in [4.69, 9.17) is 4.74 Å². The second-order valence-electron chi connectivity index (χ2n) is 4.09. The molecule has 0 aliphatic heterocycles. The van der Waals surface area contributed by atoms with E-state index in [0.29, 0.717) is 5.69 Å². The van der Waals surface area contributed by atoms with Crippen molar-refractivity contribution in [3.63, 3.8) is 0 Å². The van der Waals surface area contributed by atoms with Gasteiger partial charge in [-0.15, -0.1) is 0 Å². The summed E-state index contributed by atoms with van der Waals surface area (Å²) in [5, 5.41) is 16.2. The molecule has 0 radical (unpaired) electrons. The average Bonchev–Trinajstić information content (AvgIpc) is 2.91. The topological polar surface area (TPSA) is 106 Å². The molecule has 2 N–H and O–H groups in total. The molecule has 8 heteroatoms. The first kappa shape index (κ1) is 14.5. The Labute approximate surface area is 120 Å². The maximum absolute atomic E-state index is 11.7. The van der Waals surface area contributed by atoms with Gasteiger partial charge in [-0.2, -0.15) is 5.10 Å². The number of benzene rings is 1. The number of rotatable bonds is 5. The van der Waals surface area contributed by atoms with Crippen molar-refractivity contribution < 1.29 is 19.4 Å². The van der Waals surface area contributed by atoms with Gasteiger partial charge >= 0.3 is 5.97 Å². The first-order valence-electron chi connectivity index (χ1n) is 6.22. The van der Waals surface area contributed by atoms with Crippen LogP contribution in [0.4, 0.5) is 5.69 Å². The number of aromatic hydroxyl groups is 1. The minimum absolute atomic E-state index is 0.000387. The summed E-state index contributed by atoms with van der Waals surface area (Å²) in [5.41, 5.74) is 0.414. The number of anilines is 1. The molecule has 2 rings (SSSR count). The lowest BCUT2D eigenvalue weighted by molar-refractivity contribution is -0.116. The normalized spacial score (nSPS) is 10.1. The average molecular weight is 290 g/mol. The van der Waals surface area contributed by atoms with Gasteiger partial charge in [0.25, 0.3) is 0 Å². The second-order valence-corrected chi connectivity index (χ2v) is 4.09. The molecule has 0 saturated heterocycles. The number of ether oxygens (including phenoxy) is 1. The van der Waals surface area contributed by atoms with Gasteiger partial charge in [0.15, 0.2) is 0 Å². The third-order valence-corrected chi connectivity index (χ3v) is 2.55. The molecule has 0 fully saturated rings. The molecule has 2 aromatic rings. The van der Waals surface area contributed by atoms with Crippen LogP contribution >= 0.6 is 0 Å². The fourth-order valence-corrected chi connectivity index (χ4v) is 1.65. The van der Waals surface area contributed by atoms with Crippen LogP contribution in [0.1, 0.15) is 17.3 Å². The Morgan fingerprint density at radius 1 is 1.43 bits per heavy atom. The molecule has 8 nitrogen and oxygen atoms in total. The summed E-state index contributed by atoms with van der Waals surface area (Å²) in [7, 11) is 0. The van der Waals surface area contributed by atoms with E-state index in [1.807, 2.05) is 0 Å². The molecule has 0 atom stereocenters. The molecule has 0 saturated carbocycles. The predicted octanol–water partition coefficient (Wildman–Crippen LogP) is 0.799. The molecule has 1 aromatic carbocycles. The van der Waals surface area contributed by atoms with Gasteiger partial charge in [0.05, 0.1) is 6.61 Å². The van der Waals surface area contributed by atoms with Gasteiger partial charge < -0.3 is 15.2 Å². The summed E-state index contributed by atoms with van der Waals surface area (Å²) in [6.07, 6.45) is 2.74. The molecule has 0 bridgehead atoms. The zero-order chi connectivity index (χ0) is 15.2. The maximum atomic E-state index is 11.7. The number of amides is 1. The Morgan fingerprint density at radius 3 is 2.86 bits per heavy atom. The highest BCUT2D eigenvalue weighted by atomic mass is 16.5.